The molecule has 0 aromatic carbocycles. The lowest BCUT2D eigenvalue weighted by Gasteiger charge is -2.34. The number of piperazine rings is 1. The highest BCUT2D eigenvalue weighted by atomic mass is 16.2. The summed E-state index contributed by atoms with van der Waals surface area (Å²) in [7, 11) is 0. The summed E-state index contributed by atoms with van der Waals surface area (Å²) in [5.41, 5.74) is 0. The van der Waals surface area contributed by atoms with Gasteiger partial charge in [0, 0.05) is 51.0 Å². The molecule has 0 saturated carbocycles. The minimum Gasteiger partial charge on any atom is -0.337 e. The van der Waals surface area contributed by atoms with Crippen LogP contribution in [0.1, 0.15) is 25.6 Å². The van der Waals surface area contributed by atoms with Gasteiger partial charge in [-0.2, -0.15) is 0 Å². The van der Waals surface area contributed by atoms with Gasteiger partial charge in [0.25, 0.3) is 0 Å². The second kappa shape index (κ2) is 6.00. The van der Waals surface area contributed by atoms with Crippen LogP contribution in [0.4, 0.5) is 0 Å². The van der Waals surface area contributed by atoms with Crippen molar-refractivity contribution < 1.29 is 4.79 Å². The Kier molecular flexibility index (Phi) is 4.36. The number of hydrogen-bond acceptors (Lipinski definition) is 3. The first-order valence-corrected chi connectivity index (χ1v) is 6.66. The average molecular weight is 250 g/mol. The summed E-state index contributed by atoms with van der Waals surface area (Å²) >= 11 is 0. The lowest BCUT2D eigenvalue weighted by atomic mass is 10.2. The maximum Gasteiger partial charge on any atom is 0.222 e. The fraction of sp³-hybridized carbons (Fsp3) is 0.692. The van der Waals surface area contributed by atoms with E-state index in [2.05, 4.69) is 21.8 Å². The van der Waals surface area contributed by atoms with Crippen LogP contribution in [0.5, 0.6) is 0 Å². The zero-order chi connectivity index (χ0) is 13.0. The Labute approximate surface area is 108 Å². The number of carbonyl (C=O) groups is 1. The fourth-order valence-corrected chi connectivity index (χ4v) is 2.40. The molecule has 5 nitrogen and oxygen atoms in total. The second-order valence-corrected chi connectivity index (χ2v) is 4.91. The molecule has 1 aliphatic rings. The molecule has 5 heteroatoms. The van der Waals surface area contributed by atoms with Crippen LogP contribution in [0.3, 0.4) is 0 Å². The average Bonchev–Trinajstić information content (AvgIpc) is 2.75. The molecule has 1 fully saturated rings. The Hall–Kier alpha value is -1.36. The van der Waals surface area contributed by atoms with Gasteiger partial charge < -0.3 is 14.8 Å². The van der Waals surface area contributed by atoms with Gasteiger partial charge in [0.1, 0.15) is 5.82 Å². The van der Waals surface area contributed by atoms with Crippen molar-refractivity contribution in [3.05, 3.63) is 18.2 Å². The van der Waals surface area contributed by atoms with Gasteiger partial charge in [-0.25, -0.2) is 4.98 Å². The largest absolute Gasteiger partial charge is 0.337 e. The lowest BCUT2D eigenvalue weighted by Crippen LogP contribution is -2.52. The highest BCUT2D eigenvalue weighted by molar-refractivity contribution is 5.76. The minimum atomic E-state index is 0.279. The predicted molar refractivity (Wildman–Crippen MR) is 70.2 cm³/mol. The van der Waals surface area contributed by atoms with Crippen LogP contribution in [-0.2, 0) is 11.3 Å². The molecule has 18 heavy (non-hydrogen) atoms. The van der Waals surface area contributed by atoms with Crippen LogP contribution < -0.4 is 5.32 Å². The number of aromatic nitrogens is 2. The highest BCUT2D eigenvalue weighted by Crippen LogP contribution is 2.08. The first-order chi connectivity index (χ1) is 8.68. The van der Waals surface area contributed by atoms with Crippen LogP contribution in [0.2, 0.25) is 0 Å². The zero-order valence-electron chi connectivity index (χ0n) is 11.2. The van der Waals surface area contributed by atoms with Crippen LogP contribution >= 0.6 is 0 Å². The third kappa shape index (κ3) is 3.10. The molecule has 2 heterocycles. The molecule has 1 saturated heterocycles. The van der Waals surface area contributed by atoms with Crippen molar-refractivity contribution in [1.29, 1.82) is 0 Å². The quantitative estimate of drug-likeness (QED) is 0.859. The normalized spacial score (nSPS) is 20.1. The van der Waals surface area contributed by atoms with Gasteiger partial charge in [-0.3, -0.25) is 4.79 Å². The maximum atomic E-state index is 12.1. The third-order valence-corrected chi connectivity index (χ3v) is 3.53. The molecular weight excluding hydrogens is 228 g/mol. The van der Waals surface area contributed by atoms with Crippen LogP contribution in [-0.4, -0.2) is 46.0 Å². The molecule has 0 aliphatic carbocycles. The molecule has 1 aliphatic heterocycles. The molecule has 2 rings (SSSR count). The number of amides is 1. The van der Waals surface area contributed by atoms with Crippen molar-refractivity contribution in [1.82, 2.24) is 19.8 Å². The van der Waals surface area contributed by atoms with Crippen molar-refractivity contribution in [2.75, 3.05) is 19.6 Å². The maximum absolute atomic E-state index is 12.1. The SMILES string of the molecule is Cc1nccn1CCCC(=O)N1CCNCC1C. The summed E-state index contributed by atoms with van der Waals surface area (Å²) in [6.45, 7) is 7.62. The number of aryl methyl sites for hydroxylation is 2. The summed E-state index contributed by atoms with van der Waals surface area (Å²) < 4.78 is 2.09. The van der Waals surface area contributed by atoms with Gasteiger partial charge in [-0.15, -0.1) is 0 Å². The van der Waals surface area contributed by atoms with Crippen molar-refractivity contribution in [3.8, 4) is 0 Å². The number of nitrogens with zero attached hydrogens (tertiary/aromatic N) is 3. The molecule has 1 aromatic rings. The van der Waals surface area contributed by atoms with Gasteiger partial charge in [-0.1, -0.05) is 0 Å². The molecule has 100 valence electrons. The van der Waals surface area contributed by atoms with E-state index >= 15 is 0 Å². The van der Waals surface area contributed by atoms with Gasteiger partial charge >= 0.3 is 0 Å². The Morgan fingerprint density at radius 3 is 3.11 bits per heavy atom. The first kappa shape index (κ1) is 13.1. The zero-order valence-corrected chi connectivity index (χ0v) is 11.2. The molecule has 1 aromatic heterocycles. The van der Waals surface area contributed by atoms with Gasteiger partial charge in [0.2, 0.25) is 5.91 Å². The summed E-state index contributed by atoms with van der Waals surface area (Å²) in [4.78, 5) is 18.3. The molecule has 1 atom stereocenters. The molecule has 1 N–H and O–H groups in total. The molecule has 0 radical (unpaired) electrons. The van der Waals surface area contributed by atoms with E-state index in [0.717, 1.165) is 38.4 Å². The number of carbonyl (C=O) groups excluding carboxylic acids is 1. The highest BCUT2D eigenvalue weighted by Gasteiger charge is 2.22. The molecular formula is C13H22N4O. The van der Waals surface area contributed by atoms with Crippen molar-refractivity contribution >= 4 is 5.91 Å². The Bertz CT molecular complexity index is 401. The number of nitrogens with one attached hydrogen (secondary N) is 1. The molecule has 0 spiro atoms. The van der Waals surface area contributed by atoms with E-state index in [1.165, 1.54) is 0 Å². The predicted octanol–water partition coefficient (Wildman–Crippen LogP) is 0.792. The van der Waals surface area contributed by atoms with E-state index in [4.69, 9.17) is 0 Å². The van der Waals surface area contributed by atoms with E-state index in [1.54, 1.807) is 6.20 Å². The van der Waals surface area contributed by atoms with Crippen molar-refractivity contribution in [2.45, 2.75) is 39.3 Å². The topological polar surface area (TPSA) is 50.2 Å². The first-order valence-electron chi connectivity index (χ1n) is 6.66. The van der Waals surface area contributed by atoms with Gasteiger partial charge in [0.05, 0.1) is 0 Å². The Morgan fingerprint density at radius 1 is 1.61 bits per heavy atom. The standard InChI is InChI=1S/C13H22N4O/c1-11-10-14-5-9-17(11)13(18)4-3-7-16-8-6-15-12(16)2/h6,8,11,14H,3-5,7,9-10H2,1-2H3. The fourth-order valence-electron chi connectivity index (χ4n) is 2.40. The van der Waals surface area contributed by atoms with E-state index in [0.29, 0.717) is 12.5 Å². The van der Waals surface area contributed by atoms with Gasteiger partial charge in [0.15, 0.2) is 0 Å². The van der Waals surface area contributed by atoms with Crippen LogP contribution in [0, 0.1) is 6.92 Å². The monoisotopic (exact) mass is 250 g/mol. The van der Waals surface area contributed by atoms with E-state index < -0.39 is 0 Å². The van der Waals surface area contributed by atoms with Crippen LogP contribution in [0.15, 0.2) is 12.4 Å². The summed E-state index contributed by atoms with van der Waals surface area (Å²) in [5, 5.41) is 3.30. The number of hydrogen-bond donors (Lipinski definition) is 1. The van der Waals surface area contributed by atoms with E-state index in [-0.39, 0.29) is 5.91 Å². The number of imidazole rings is 1. The molecule has 1 unspecified atom stereocenters. The summed E-state index contributed by atoms with van der Waals surface area (Å²) in [5.74, 6) is 1.29. The molecule has 1 amide bonds. The smallest absolute Gasteiger partial charge is 0.222 e. The summed E-state index contributed by atoms with van der Waals surface area (Å²) in [6, 6.07) is 0.321. The minimum absolute atomic E-state index is 0.279. The van der Waals surface area contributed by atoms with Crippen LogP contribution in [0.25, 0.3) is 0 Å². The molecule has 0 bridgehead atoms. The number of rotatable bonds is 4. The Morgan fingerprint density at radius 2 is 2.44 bits per heavy atom. The summed E-state index contributed by atoms with van der Waals surface area (Å²) in [6.07, 6.45) is 5.28. The Balaban J connectivity index is 1.76. The van der Waals surface area contributed by atoms with Crippen molar-refractivity contribution in [3.63, 3.8) is 0 Å². The second-order valence-electron chi connectivity index (χ2n) is 4.91. The van der Waals surface area contributed by atoms with E-state index in [1.807, 2.05) is 18.0 Å². The van der Waals surface area contributed by atoms with E-state index in [9.17, 15) is 4.79 Å². The van der Waals surface area contributed by atoms with Crippen molar-refractivity contribution in [2.24, 2.45) is 0 Å². The third-order valence-electron chi connectivity index (χ3n) is 3.53. The lowest BCUT2D eigenvalue weighted by molar-refractivity contribution is -0.134. The van der Waals surface area contributed by atoms with Gasteiger partial charge in [-0.05, 0) is 20.3 Å².